The minimum Gasteiger partial charge on any atom is -0.445 e. The van der Waals surface area contributed by atoms with E-state index in [4.69, 9.17) is 20.8 Å². The van der Waals surface area contributed by atoms with Gasteiger partial charge in [0.15, 0.2) is 8.32 Å². The van der Waals surface area contributed by atoms with E-state index in [-0.39, 0.29) is 23.8 Å². The Balaban J connectivity index is 2.15. The summed E-state index contributed by atoms with van der Waals surface area (Å²) in [7, 11) is -0.217. The third-order valence-corrected chi connectivity index (χ3v) is 10.4. The summed E-state index contributed by atoms with van der Waals surface area (Å²) in [6.45, 7) is 11.7. The highest BCUT2D eigenvalue weighted by atomic mass is 35.5. The molecule has 2 aromatic carbocycles. The first-order valence-electron chi connectivity index (χ1n) is 9.84. The van der Waals surface area contributed by atoms with Gasteiger partial charge in [-0.05, 0) is 41.4 Å². The van der Waals surface area contributed by atoms with Gasteiger partial charge in [-0.25, -0.2) is 4.79 Å². The number of benzene rings is 2. The average Bonchev–Trinajstić information content (AvgIpc) is 2.67. The molecule has 0 spiro atoms. The summed E-state index contributed by atoms with van der Waals surface area (Å²) in [4.78, 5) is 14.4. The van der Waals surface area contributed by atoms with Crippen molar-refractivity contribution < 1.29 is 14.0 Å². The molecule has 0 aliphatic rings. The lowest BCUT2D eigenvalue weighted by Crippen LogP contribution is -2.44. The Labute approximate surface area is 180 Å². The molecule has 1 amide bonds. The summed E-state index contributed by atoms with van der Waals surface area (Å²) in [5.74, 6) is 0. The topological polar surface area (TPSA) is 38.8 Å². The molecule has 0 N–H and O–H groups in total. The second-order valence-electron chi connectivity index (χ2n) is 8.79. The van der Waals surface area contributed by atoms with Crippen LogP contribution in [-0.2, 0) is 15.8 Å². The number of hydrogen-bond acceptors (Lipinski definition) is 3. The quantitative estimate of drug-likeness (QED) is 0.457. The number of carbonyl (C=O) groups is 1. The van der Waals surface area contributed by atoms with Crippen LogP contribution in [0.15, 0.2) is 54.6 Å². The maximum atomic E-state index is 12.8. The molecular weight excluding hydrogens is 402 g/mol. The van der Waals surface area contributed by atoms with Crippen LogP contribution in [0.3, 0.4) is 0 Å². The molecule has 0 bridgehead atoms. The van der Waals surface area contributed by atoms with Crippen molar-refractivity contribution in [2.45, 2.75) is 51.6 Å². The number of rotatable bonds is 7. The number of ether oxygens (including phenoxy) is 1. The monoisotopic (exact) mass is 433 g/mol. The van der Waals surface area contributed by atoms with Gasteiger partial charge in [-0.3, -0.25) is 0 Å². The molecule has 158 valence electrons. The second-order valence-corrected chi connectivity index (χ2v) is 14.0. The Hall–Kier alpha value is -1.82. The lowest BCUT2D eigenvalue weighted by Gasteiger charge is -2.38. The van der Waals surface area contributed by atoms with Gasteiger partial charge in [0.1, 0.15) is 6.61 Å². The number of carbonyl (C=O) groups excluding carboxylic acids is 1. The summed E-state index contributed by atoms with van der Waals surface area (Å²) in [5.41, 5.74) is 1.92. The molecule has 0 unspecified atom stereocenters. The fourth-order valence-corrected chi connectivity index (χ4v) is 3.70. The molecule has 2 aromatic rings. The minimum atomic E-state index is -1.97. The van der Waals surface area contributed by atoms with E-state index in [0.717, 1.165) is 11.1 Å². The van der Waals surface area contributed by atoms with Crippen molar-refractivity contribution >= 4 is 26.0 Å². The smallest absolute Gasteiger partial charge is 0.410 e. The first-order valence-corrected chi connectivity index (χ1v) is 13.1. The third-order valence-electron chi connectivity index (χ3n) is 5.62. The zero-order valence-corrected chi connectivity index (χ0v) is 20.0. The average molecular weight is 434 g/mol. The van der Waals surface area contributed by atoms with Gasteiger partial charge in [-0.2, -0.15) is 0 Å². The number of nitrogens with zero attached hydrogens (tertiary/aromatic N) is 1. The zero-order valence-electron chi connectivity index (χ0n) is 18.2. The highest BCUT2D eigenvalue weighted by Crippen LogP contribution is 2.37. The third kappa shape index (κ3) is 6.59. The van der Waals surface area contributed by atoms with Crippen LogP contribution in [-0.4, -0.2) is 33.0 Å². The molecule has 0 heterocycles. The fraction of sp³-hybridized carbons (Fsp3) is 0.435. The predicted molar refractivity (Wildman–Crippen MR) is 122 cm³/mol. The SMILES string of the molecule is CN(C(=O)OCc1ccccc1)[C@@H](CO[Si](C)(C)C(C)(C)C)c1ccc(Cl)cc1. The van der Waals surface area contributed by atoms with Crippen LogP contribution >= 0.6 is 11.6 Å². The van der Waals surface area contributed by atoms with Gasteiger partial charge < -0.3 is 14.1 Å². The Morgan fingerprint density at radius 1 is 1.07 bits per heavy atom. The molecule has 0 aliphatic heterocycles. The van der Waals surface area contributed by atoms with E-state index in [2.05, 4.69) is 33.9 Å². The molecule has 6 heteroatoms. The Morgan fingerprint density at radius 2 is 1.66 bits per heavy atom. The van der Waals surface area contributed by atoms with E-state index in [0.29, 0.717) is 11.6 Å². The van der Waals surface area contributed by atoms with E-state index in [1.807, 2.05) is 54.6 Å². The van der Waals surface area contributed by atoms with Gasteiger partial charge in [0.25, 0.3) is 0 Å². The summed E-state index contributed by atoms with van der Waals surface area (Å²) >= 11 is 6.06. The van der Waals surface area contributed by atoms with Gasteiger partial charge >= 0.3 is 6.09 Å². The fourth-order valence-electron chi connectivity index (χ4n) is 2.57. The van der Waals surface area contributed by atoms with Crippen LogP contribution in [0, 0.1) is 0 Å². The van der Waals surface area contributed by atoms with Gasteiger partial charge in [0.05, 0.1) is 12.6 Å². The van der Waals surface area contributed by atoms with Gasteiger partial charge in [-0.15, -0.1) is 0 Å². The van der Waals surface area contributed by atoms with Crippen molar-refractivity contribution in [2.75, 3.05) is 13.7 Å². The number of likely N-dealkylation sites (N-methyl/N-ethyl adjacent to an activating group) is 1. The molecule has 0 fully saturated rings. The van der Waals surface area contributed by atoms with Crippen molar-refractivity contribution in [1.29, 1.82) is 0 Å². The predicted octanol–water partition coefficient (Wildman–Crippen LogP) is 6.67. The minimum absolute atomic E-state index is 0.0872. The van der Waals surface area contributed by atoms with Crippen LogP contribution in [0.4, 0.5) is 4.79 Å². The first kappa shape index (κ1) is 23.5. The molecule has 29 heavy (non-hydrogen) atoms. The van der Waals surface area contributed by atoms with Gasteiger partial charge in [0.2, 0.25) is 0 Å². The molecule has 0 saturated heterocycles. The molecule has 4 nitrogen and oxygen atoms in total. The summed E-state index contributed by atoms with van der Waals surface area (Å²) < 4.78 is 12.0. The zero-order chi connectivity index (χ0) is 21.7. The second kappa shape index (κ2) is 9.79. The van der Waals surface area contributed by atoms with Crippen LogP contribution in [0.25, 0.3) is 0 Å². The lowest BCUT2D eigenvalue weighted by molar-refractivity contribution is 0.0773. The summed E-state index contributed by atoms with van der Waals surface area (Å²) in [5, 5.41) is 0.747. The Kier molecular flexibility index (Phi) is 7.92. The maximum absolute atomic E-state index is 12.8. The molecule has 0 radical (unpaired) electrons. The lowest BCUT2D eigenvalue weighted by atomic mass is 10.1. The van der Waals surface area contributed by atoms with Crippen molar-refractivity contribution in [3.05, 3.63) is 70.7 Å². The van der Waals surface area contributed by atoms with Crippen molar-refractivity contribution in [2.24, 2.45) is 0 Å². The van der Waals surface area contributed by atoms with Crippen LogP contribution in [0.2, 0.25) is 23.2 Å². The van der Waals surface area contributed by atoms with E-state index < -0.39 is 8.32 Å². The van der Waals surface area contributed by atoms with Crippen LogP contribution in [0.1, 0.15) is 37.9 Å². The van der Waals surface area contributed by atoms with Crippen molar-refractivity contribution in [1.82, 2.24) is 4.90 Å². The largest absolute Gasteiger partial charge is 0.445 e. The number of amides is 1. The molecule has 0 aliphatic carbocycles. The molecular formula is C23H32ClNO3Si. The van der Waals surface area contributed by atoms with E-state index in [1.54, 1.807) is 11.9 Å². The summed E-state index contributed by atoms with van der Waals surface area (Å²) in [6.07, 6.45) is -0.382. The molecule has 0 saturated carbocycles. The van der Waals surface area contributed by atoms with E-state index >= 15 is 0 Å². The highest BCUT2D eigenvalue weighted by molar-refractivity contribution is 6.74. The van der Waals surface area contributed by atoms with Gasteiger partial charge in [-0.1, -0.05) is 74.8 Å². The van der Waals surface area contributed by atoms with Crippen LogP contribution < -0.4 is 0 Å². The highest BCUT2D eigenvalue weighted by Gasteiger charge is 2.38. The number of halogens is 1. The van der Waals surface area contributed by atoms with Gasteiger partial charge in [0, 0.05) is 12.1 Å². The molecule has 2 rings (SSSR count). The van der Waals surface area contributed by atoms with E-state index in [1.165, 1.54) is 0 Å². The van der Waals surface area contributed by atoms with Crippen LogP contribution in [0.5, 0.6) is 0 Å². The number of hydrogen-bond donors (Lipinski definition) is 0. The Bertz CT molecular complexity index is 788. The maximum Gasteiger partial charge on any atom is 0.410 e. The Morgan fingerprint density at radius 3 is 2.21 bits per heavy atom. The molecule has 0 aromatic heterocycles. The standard InChI is InChI=1S/C23H32ClNO3Si/c1-23(2,3)29(5,6)28-17-21(19-12-14-20(24)15-13-19)25(4)22(26)27-16-18-10-8-7-9-11-18/h7-15,21H,16-17H2,1-6H3/t21-/m0/s1. The van der Waals surface area contributed by atoms with Crippen molar-refractivity contribution in [3.63, 3.8) is 0 Å². The summed E-state index contributed by atoms with van der Waals surface area (Å²) in [6, 6.07) is 16.9. The first-order chi connectivity index (χ1) is 13.5. The van der Waals surface area contributed by atoms with E-state index in [9.17, 15) is 4.79 Å². The molecule has 1 atom stereocenters. The van der Waals surface area contributed by atoms with Crippen molar-refractivity contribution in [3.8, 4) is 0 Å². The normalized spacial score (nSPS) is 13.1.